The molecule has 0 radical (unpaired) electrons. The number of methoxy groups -OCH3 is 1. The van der Waals surface area contributed by atoms with Crippen molar-refractivity contribution < 1.29 is 9.53 Å². The largest absolute Gasteiger partial charge is 0.497 e. The summed E-state index contributed by atoms with van der Waals surface area (Å²) >= 11 is 0. The van der Waals surface area contributed by atoms with Crippen LogP contribution in [0.4, 0.5) is 0 Å². The van der Waals surface area contributed by atoms with E-state index in [0.29, 0.717) is 6.04 Å². The molecular formula is C13H18N2O2. The molecule has 1 saturated heterocycles. The lowest BCUT2D eigenvalue weighted by Gasteiger charge is -2.42. The number of carbonyl (C=O) groups is 1. The van der Waals surface area contributed by atoms with Gasteiger partial charge in [0.2, 0.25) is 0 Å². The number of hydrogen-bond acceptors (Lipinski definition) is 3. The number of ether oxygens (including phenoxy) is 1. The third kappa shape index (κ3) is 2.42. The van der Waals surface area contributed by atoms with Crippen molar-refractivity contribution in [2.75, 3.05) is 34.3 Å². The number of carbonyl (C=O) groups excluding carboxylic acids is 1. The van der Waals surface area contributed by atoms with Crippen LogP contribution in [-0.2, 0) is 0 Å². The minimum Gasteiger partial charge on any atom is -0.497 e. The van der Waals surface area contributed by atoms with Crippen LogP contribution in [0, 0.1) is 0 Å². The van der Waals surface area contributed by atoms with Crippen molar-refractivity contribution in [1.82, 2.24) is 9.80 Å². The van der Waals surface area contributed by atoms with Crippen molar-refractivity contribution in [2.24, 2.45) is 0 Å². The zero-order valence-electron chi connectivity index (χ0n) is 10.5. The van der Waals surface area contributed by atoms with Gasteiger partial charge in [-0.2, -0.15) is 0 Å². The Morgan fingerprint density at radius 1 is 1.29 bits per heavy atom. The predicted octanol–water partition coefficient (Wildman–Crippen LogP) is 1.08. The highest BCUT2D eigenvalue weighted by molar-refractivity contribution is 5.94. The molecule has 1 aromatic rings. The Labute approximate surface area is 102 Å². The Morgan fingerprint density at radius 3 is 2.35 bits per heavy atom. The summed E-state index contributed by atoms with van der Waals surface area (Å²) in [6.07, 6.45) is 0. The van der Waals surface area contributed by atoms with Gasteiger partial charge >= 0.3 is 0 Å². The smallest absolute Gasteiger partial charge is 0.253 e. The predicted molar refractivity (Wildman–Crippen MR) is 66.4 cm³/mol. The van der Waals surface area contributed by atoms with Gasteiger partial charge in [-0.3, -0.25) is 4.79 Å². The molecule has 0 spiro atoms. The molecular weight excluding hydrogens is 216 g/mol. The quantitative estimate of drug-likeness (QED) is 0.784. The van der Waals surface area contributed by atoms with Crippen LogP contribution in [0.15, 0.2) is 24.3 Å². The van der Waals surface area contributed by atoms with E-state index in [-0.39, 0.29) is 5.91 Å². The summed E-state index contributed by atoms with van der Waals surface area (Å²) in [5.41, 5.74) is 0.725. The fourth-order valence-corrected chi connectivity index (χ4v) is 1.86. The van der Waals surface area contributed by atoms with Crippen molar-refractivity contribution in [3.63, 3.8) is 0 Å². The number of hydrogen-bond donors (Lipinski definition) is 0. The molecule has 1 amide bonds. The molecule has 1 aliphatic heterocycles. The second-order valence-corrected chi connectivity index (χ2v) is 4.56. The molecule has 0 aromatic heterocycles. The molecule has 0 bridgehead atoms. The average Bonchev–Trinajstić information content (AvgIpc) is 2.26. The molecule has 17 heavy (non-hydrogen) atoms. The first-order valence-corrected chi connectivity index (χ1v) is 5.71. The van der Waals surface area contributed by atoms with E-state index in [0.717, 1.165) is 24.4 Å². The summed E-state index contributed by atoms with van der Waals surface area (Å²) < 4.78 is 5.07. The number of likely N-dealkylation sites (N-methyl/N-ethyl adjacent to an activating group) is 1. The van der Waals surface area contributed by atoms with Gasteiger partial charge < -0.3 is 14.5 Å². The average molecular weight is 234 g/mol. The zero-order chi connectivity index (χ0) is 12.4. The lowest BCUT2D eigenvalue weighted by molar-refractivity contribution is 0.0399. The molecule has 0 N–H and O–H groups in total. The lowest BCUT2D eigenvalue weighted by Crippen LogP contribution is -2.59. The van der Waals surface area contributed by atoms with Crippen molar-refractivity contribution >= 4 is 5.91 Å². The van der Waals surface area contributed by atoms with Crippen LogP contribution >= 0.6 is 0 Å². The molecule has 1 heterocycles. The van der Waals surface area contributed by atoms with Crippen LogP contribution in [0.1, 0.15) is 10.4 Å². The molecule has 92 valence electrons. The standard InChI is InChI=1S/C13H18N2O2/c1-14(2)11-8-15(9-11)13(16)10-4-6-12(17-3)7-5-10/h4-7,11H,8-9H2,1-3H3. The molecule has 1 fully saturated rings. The first-order chi connectivity index (χ1) is 8.11. The Hall–Kier alpha value is -1.55. The van der Waals surface area contributed by atoms with E-state index in [1.807, 2.05) is 43.3 Å². The van der Waals surface area contributed by atoms with Crippen molar-refractivity contribution in [3.05, 3.63) is 29.8 Å². The minimum absolute atomic E-state index is 0.103. The monoisotopic (exact) mass is 234 g/mol. The van der Waals surface area contributed by atoms with Gasteiger partial charge in [0.1, 0.15) is 5.75 Å². The minimum atomic E-state index is 0.103. The fraction of sp³-hybridized carbons (Fsp3) is 0.462. The Bertz CT molecular complexity index is 394. The molecule has 0 unspecified atom stereocenters. The summed E-state index contributed by atoms with van der Waals surface area (Å²) in [6, 6.07) is 7.75. The molecule has 1 aliphatic rings. The van der Waals surface area contributed by atoms with Gasteiger partial charge in [0.15, 0.2) is 0 Å². The number of amides is 1. The molecule has 4 nitrogen and oxygen atoms in total. The van der Waals surface area contributed by atoms with Gasteiger partial charge in [0.25, 0.3) is 5.91 Å². The van der Waals surface area contributed by atoms with Gasteiger partial charge in [0, 0.05) is 24.7 Å². The van der Waals surface area contributed by atoms with Gasteiger partial charge in [0.05, 0.1) is 7.11 Å². The van der Waals surface area contributed by atoms with Gasteiger partial charge in [-0.05, 0) is 38.4 Å². The molecule has 1 aromatic carbocycles. The van der Waals surface area contributed by atoms with Crippen LogP contribution < -0.4 is 4.74 Å². The van der Waals surface area contributed by atoms with E-state index in [1.165, 1.54) is 0 Å². The Kier molecular flexibility index (Phi) is 3.33. The van der Waals surface area contributed by atoms with E-state index in [2.05, 4.69) is 4.90 Å². The van der Waals surface area contributed by atoms with E-state index in [1.54, 1.807) is 7.11 Å². The van der Waals surface area contributed by atoms with Crippen LogP contribution in [0.5, 0.6) is 5.75 Å². The first kappa shape index (κ1) is 11.9. The second kappa shape index (κ2) is 4.75. The van der Waals surface area contributed by atoms with E-state index in [9.17, 15) is 4.79 Å². The topological polar surface area (TPSA) is 32.8 Å². The molecule has 0 aliphatic carbocycles. The number of benzene rings is 1. The van der Waals surface area contributed by atoms with Crippen molar-refractivity contribution in [3.8, 4) is 5.75 Å². The summed E-state index contributed by atoms with van der Waals surface area (Å²) in [4.78, 5) is 16.1. The third-order valence-corrected chi connectivity index (χ3v) is 3.22. The number of nitrogens with zero attached hydrogens (tertiary/aromatic N) is 2. The zero-order valence-corrected chi connectivity index (χ0v) is 10.5. The van der Waals surface area contributed by atoms with Crippen molar-refractivity contribution in [1.29, 1.82) is 0 Å². The molecule has 4 heteroatoms. The maximum absolute atomic E-state index is 12.1. The van der Waals surface area contributed by atoms with Gasteiger partial charge in [-0.1, -0.05) is 0 Å². The Morgan fingerprint density at radius 2 is 1.88 bits per heavy atom. The summed E-state index contributed by atoms with van der Waals surface area (Å²) in [5, 5.41) is 0. The summed E-state index contributed by atoms with van der Waals surface area (Å²) in [5.74, 6) is 0.877. The summed E-state index contributed by atoms with van der Waals surface area (Å²) in [6.45, 7) is 1.63. The molecule has 0 saturated carbocycles. The first-order valence-electron chi connectivity index (χ1n) is 5.71. The highest BCUT2D eigenvalue weighted by atomic mass is 16.5. The van der Waals surface area contributed by atoms with E-state index in [4.69, 9.17) is 4.74 Å². The number of likely N-dealkylation sites (tertiary alicyclic amines) is 1. The van der Waals surface area contributed by atoms with Crippen LogP contribution in [0.25, 0.3) is 0 Å². The Balaban J connectivity index is 1.97. The maximum Gasteiger partial charge on any atom is 0.253 e. The highest BCUT2D eigenvalue weighted by Crippen LogP contribution is 2.18. The number of rotatable bonds is 3. The van der Waals surface area contributed by atoms with Crippen LogP contribution in [0.3, 0.4) is 0 Å². The summed E-state index contributed by atoms with van der Waals surface area (Å²) in [7, 11) is 5.70. The van der Waals surface area contributed by atoms with E-state index >= 15 is 0 Å². The fourth-order valence-electron chi connectivity index (χ4n) is 1.86. The third-order valence-electron chi connectivity index (χ3n) is 3.22. The second-order valence-electron chi connectivity index (χ2n) is 4.56. The SMILES string of the molecule is COc1ccc(C(=O)N2CC(N(C)C)C2)cc1. The van der Waals surface area contributed by atoms with Crippen molar-refractivity contribution in [2.45, 2.75) is 6.04 Å². The highest BCUT2D eigenvalue weighted by Gasteiger charge is 2.32. The normalized spacial score (nSPS) is 15.9. The maximum atomic E-state index is 12.1. The van der Waals surface area contributed by atoms with Gasteiger partial charge in [-0.15, -0.1) is 0 Å². The molecule has 0 atom stereocenters. The molecule has 2 rings (SSSR count). The van der Waals surface area contributed by atoms with E-state index < -0.39 is 0 Å². The van der Waals surface area contributed by atoms with Crippen LogP contribution in [0.2, 0.25) is 0 Å². The van der Waals surface area contributed by atoms with Crippen LogP contribution in [-0.4, -0.2) is 56.0 Å². The lowest BCUT2D eigenvalue weighted by atomic mass is 10.1. The van der Waals surface area contributed by atoms with Gasteiger partial charge in [-0.25, -0.2) is 0 Å².